The zero-order chi connectivity index (χ0) is 19.4. The number of ether oxygens (including phenoxy) is 1. The van der Waals surface area contributed by atoms with Gasteiger partial charge in [-0.25, -0.2) is 4.79 Å². The van der Waals surface area contributed by atoms with Crippen LogP contribution in [0.4, 0.5) is 0 Å². The lowest BCUT2D eigenvalue weighted by Crippen LogP contribution is -2.44. The van der Waals surface area contributed by atoms with Gasteiger partial charge in [-0.2, -0.15) is 0 Å². The van der Waals surface area contributed by atoms with Crippen molar-refractivity contribution in [1.29, 1.82) is 0 Å². The van der Waals surface area contributed by atoms with Crippen molar-refractivity contribution in [3.8, 4) is 11.5 Å². The molecule has 0 aliphatic carbocycles. The number of carbonyl (C=O) groups excluding carboxylic acids is 1. The van der Waals surface area contributed by atoms with E-state index >= 15 is 0 Å². The van der Waals surface area contributed by atoms with E-state index in [0.29, 0.717) is 5.56 Å². The first kappa shape index (κ1) is 19.7. The molecule has 0 aromatic heterocycles. The van der Waals surface area contributed by atoms with E-state index in [4.69, 9.17) is 22.1 Å². The van der Waals surface area contributed by atoms with Crippen molar-refractivity contribution in [2.45, 2.75) is 18.9 Å². The van der Waals surface area contributed by atoms with Gasteiger partial charge in [0.25, 0.3) is 5.91 Å². The highest BCUT2D eigenvalue weighted by molar-refractivity contribution is 8.26. The van der Waals surface area contributed by atoms with Gasteiger partial charge in [0.2, 0.25) is 0 Å². The number of thioether (sulfide) groups is 1. The number of carbonyl (C=O) groups is 3. The fraction of sp³-hybridized carbons (Fsp3) is 0.250. The quantitative estimate of drug-likeness (QED) is 0.467. The molecule has 3 N–H and O–H groups in total. The highest BCUT2D eigenvalue weighted by Crippen LogP contribution is 2.36. The monoisotopic (exact) mass is 397 g/mol. The Labute approximate surface area is 158 Å². The predicted octanol–water partition coefficient (Wildman–Crippen LogP) is 1.92. The number of aromatic hydroxyl groups is 1. The molecular formula is C16H15NO7S2. The van der Waals surface area contributed by atoms with Gasteiger partial charge in [0.1, 0.15) is 10.4 Å². The number of hydrogen-bond donors (Lipinski definition) is 3. The third kappa shape index (κ3) is 4.33. The van der Waals surface area contributed by atoms with Crippen LogP contribution in [0.25, 0.3) is 6.08 Å². The van der Waals surface area contributed by atoms with Crippen molar-refractivity contribution in [2.24, 2.45) is 0 Å². The van der Waals surface area contributed by atoms with E-state index in [-0.39, 0.29) is 27.1 Å². The van der Waals surface area contributed by atoms with Gasteiger partial charge in [0.15, 0.2) is 11.5 Å². The van der Waals surface area contributed by atoms with Gasteiger partial charge in [0, 0.05) is 6.42 Å². The first-order valence-corrected chi connectivity index (χ1v) is 8.55. The lowest BCUT2D eigenvalue weighted by atomic mass is 10.1. The fourth-order valence-corrected chi connectivity index (χ4v) is 3.66. The zero-order valence-electron chi connectivity index (χ0n) is 13.5. The van der Waals surface area contributed by atoms with Crippen LogP contribution in [0.1, 0.15) is 18.4 Å². The third-order valence-electron chi connectivity index (χ3n) is 3.55. The molecule has 10 heteroatoms. The summed E-state index contributed by atoms with van der Waals surface area (Å²) in [6.07, 6.45) is 0.844. The van der Waals surface area contributed by atoms with E-state index in [1.807, 2.05) is 0 Å². The van der Waals surface area contributed by atoms with Gasteiger partial charge in [-0.05, 0) is 30.2 Å². The second kappa shape index (κ2) is 8.19. The zero-order valence-corrected chi connectivity index (χ0v) is 15.2. The normalized spacial score (nSPS) is 16.8. The van der Waals surface area contributed by atoms with Crippen LogP contribution in [-0.4, -0.2) is 55.5 Å². The van der Waals surface area contributed by atoms with E-state index in [0.717, 1.165) is 16.7 Å². The summed E-state index contributed by atoms with van der Waals surface area (Å²) in [5, 5.41) is 27.7. The van der Waals surface area contributed by atoms with Crippen molar-refractivity contribution in [3.63, 3.8) is 0 Å². The van der Waals surface area contributed by atoms with Gasteiger partial charge in [-0.3, -0.25) is 14.5 Å². The summed E-state index contributed by atoms with van der Waals surface area (Å²) in [6.45, 7) is 0. The molecule has 1 aromatic carbocycles. The number of benzene rings is 1. The number of amides is 1. The second-order valence-corrected chi connectivity index (χ2v) is 6.95. The Kier molecular flexibility index (Phi) is 6.22. The maximum absolute atomic E-state index is 12.6. The predicted molar refractivity (Wildman–Crippen MR) is 98.0 cm³/mol. The molecule has 0 spiro atoms. The van der Waals surface area contributed by atoms with Crippen LogP contribution in [-0.2, 0) is 14.4 Å². The van der Waals surface area contributed by atoms with Crippen LogP contribution in [0.5, 0.6) is 11.5 Å². The van der Waals surface area contributed by atoms with Gasteiger partial charge >= 0.3 is 11.9 Å². The summed E-state index contributed by atoms with van der Waals surface area (Å²) in [5.74, 6) is -2.93. The first-order valence-electron chi connectivity index (χ1n) is 7.33. The molecule has 1 fully saturated rings. The molecule has 0 unspecified atom stereocenters. The van der Waals surface area contributed by atoms with Crippen LogP contribution in [0.15, 0.2) is 23.1 Å². The Morgan fingerprint density at radius 1 is 1.38 bits per heavy atom. The fourth-order valence-electron chi connectivity index (χ4n) is 2.31. The molecule has 138 valence electrons. The molecule has 0 radical (unpaired) electrons. The topological polar surface area (TPSA) is 124 Å². The number of aliphatic carboxylic acids is 2. The van der Waals surface area contributed by atoms with Gasteiger partial charge in [-0.1, -0.05) is 30.0 Å². The smallest absolute Gasteiger partial charge is 0.326 e. The summed E-state index contributed by atoms with van der Waals surface area (Å²) in [6, 6.07) is 3.13. The number of thiocarbonyl (C=S) groups is 1. The van der Waals surface area contributed by atoms with Crippen LogP contribution in [0, 0.1) is 0 Å². The Balaban J connectivity index is 2.29. The van der Waals surface area contributed by atoms with Crippen LogP contribution in [0.3, 0.4) is 0 Å². The summed E-state index contributed by atoms with van der Waals surface area (Å²) in [5.41, 5.74) is 0.553. The Hall–Kier alpha value is -2.59. The van der Waals surface area contributed by atoms with E-state index < -0.39 is 30.3 Å². The molecule has 1 saturated heterocycles. The molecule has 0 saturated carbocycles. The van der Waals surface area contributed by atoms with E-state index in [2.05, 4.69) is 0 Å². The van der Waals surface area contributed by atoms with Crippen LogP contribution >= 0.6 is 24.0 Å². The molecule has 26 heavy (non-hydrogen) atoms. The molecular weight excluding hydrogens is 382 g/mol. The molecule has 1 aliphatic heterocycles. The summed E-state index contributed by atoms with van der Waals surface area (Å²) < 4.78 is 5.05. The molecule has 1 aliphatic rings. The first-order chi connectivity index (χ1) is 12.2. The summed E-state index contributed by atoms with van der Waals surface area (Å²) in [7, 11) is 1.39. The Morgan fingerprint density at radius 2 is 2.08 bits per heavy atom. The largest absolute Gasteiger partial charge is 0.504 e. The molecule has 1 atom stereocenters. The number of carboxylic acid groups (broad SMARTS) is 2. The van der Waals surface area contributed by atoms with Gasteiger partial charge in [-0.15, -0.1) is 0 Å². The maximum atomic E-state index is 12.6. The molecule has 2 rings (SSSR count). The Morgan fingerprint density at radius 3 is 2.65 bits per heavy atom. The number of methoxy groups -OCH3 is 1. The molecule has 0 bridgehead atoms. The molecule has 1 aromatic rings. The summed E-state index contributed by atoms with van der Waals surface area (Å²) >= 11 is 6.04. The highest BCUT2D eigenvalue weighted by Gasteiger charge is 2.40. The SMILES string of the molecule is COc1cc(/C=C2/SC(=S)N([C@H](CCC(=O)O)C(=O)O)C2=O)ccc1O. The van der Waals surface area contributed by atoms with E-state index in [1.165, 1.54) is 25.3 Å². The van der Waals surface area contributed by atoms with Crippen molar-refractivity contribution in [1.82, 2.24) is 4.90 Å². The highest BCUT2D eigenvalue weighted by atomic mass is 32.2. The number of carboxylic acids is 2. The Bertz CT molecular complexity index is 806. The van der Waals surface area contributed by atoms with Gasteiger partial charge < -0.3 is 20.1 Å². The number of hydrogen-bond acceptors (Lipinski definition) is 7. The molecule has 1 heterocycles. The lowest BCUT2D eigenvalue weighted by molar-refractivity contribution is -0.146. The van der Waals surface area contributed by atoms with Crippen LogP contribution in [0.2, 0.25) is 0 Å². The van der Waals surface area contributed by atoms with Crippen molar-refractivity contribution >= 4 is 52.2 Å². The minimum atomic E-state index is -1.35. The molecule has 8 nitrogen and oxygen atoms in total. The second-order valence-electron chi connectivity index (χ2n) is 5.27. The molecule has 1 amide bonds. The van der Waals surface area contributed by atoms with Crippen molar-refractivity contribution < 1.29 is 34.4 Å². The number of phenols is 1. The van der Waals surface area contributed by atoms with E-state index in [1.54, 1.807) is 6.07 Å². The maximum Gasteiger partial charge on any atom is 0.326 e. The van der Waals surface area contributed by atoms with Crippen molar-refractivity contribution in [2.75, 3.05) is 7.11 Å². The van der Waals surface area contributed by atoms with Crippen LogP contribution < -0.4 is 4.74 Å². The third-order valence-corrected chi connectivity index (χ3v) is 4.88. The lowest BCUT2D eigenvalue weighted by Gasteiger charge is -2.22. The average molecular weight is 397 g/mol. The van der Waals surface area contributed by atoms with E-state index in [9.17, 15) is 24.6 Å². The minimum absolute atomic E-state index is 0.0461. The number of rotatable bonds is 7. The van der Waals surface area contributed by atoms with Crippen molar-refractivity contribution in [3.05, 3.63) is 28.7 Å². The van der Waals surface area contributed by atoms with Gasteiger partial charge in [0.05, 0.1) is 12.0 Å². The minimum Gasteiger partial charge on any atom is -0.504 e. The number of phenolic OH excluding ortho intramolecular Hbond substituents is 1. The standard InChI is InChI=1S/C16H15NO7S2/c1-24-11-6-8(2-4-10(11)18)7-12-14(21)17(16(25)26-12)9(15(22)23)3-5-13(19)20/h2,4,6-7,9,18H,3,5H2,1H3,(H,19,20)(H,22,23)/b12-7+/t9-/m1/s1. The average Bonchev–Trinajstić information content (AvgIpc) is 2.84. The number of nitrogens with zero attached hydrogens (tertiary/aromatic N) is 1. The summed E-state index contributed by atoms with van der Waals surface area (Å²) in [4.78, 5) is 35.9.